The fourth-order valence-electron chi connectivity index (χ4n) is 2.66. The maximum Gasteiger partial charge on any atom is 0.192 e. The second-order valence-electron chi connectivity index (χ2n) is 5.27. The first-order chi connectivity index (χ1) is 10.4. The minimum atomic E-state index is 0.873. The lowest BCUT2D eigenvalue weighted by molar-refractivity contribution is 0.392. The largest absolute Gasteiger partial charge is 0.352 e. The van der Waals surface area contributed by atoms with Crippen molar-refractivity contribution in [3.63, 3.8) is 0 Å². The lowest BCUT2D eigenvalue weighted by Crippen LogP contribution is -2.29. The Kier molecular flexibility index (Phi) is 4.65. The molecule has 2 fully saturated rings. The summed E-state index contributed by atoms with van der Waals surface area (Å²) in [5, 5.41) is 14.5. The molecule has 2 saturated heterocycles. The minimum absolute atomic E-state index is 0.873. The van der Waals surface area contributed by atoms with Crippen LogP contribution in [0.15, 0.2) is 21.6 Å². The molecule has 2 aromatic rings. The van der Waals surface area contributed by atoms with Crippen LogP contribution in [0.1, 0.15) is 32.1 Å². The molecule has 0 saturated carbocycles. The second kappa shape index (κ2) is 7.05. The third-order valence-electron chi connectivity index (χ3n) is 3.81. The zero-order valence-electron chi connectivity index (χ0n) is 12.0. The monoisotopic (exact) mass is 292 g/mol. The number of anilines is 2. The summed E-state index contributed by atoms with van der Waals surface area (Å²) in [6, 6.07) is 0. The van der Waals surface area contributed by atoms with Crippen molar-refractivity contribution >= 4 is 11.6 Å². The zero-order chi connectivity index (χ0) is 14.3. The average Bonchev–Trinajstić information content (AvgIpc) is 3.29. The Hall–Kier alpha value is -2.12. The van der Waals surface area contributed by atoms with E-state index in [4.69, 9.17) is 0 Å². The molecule has 0 aliphatic carbocycles. The highest BCUT2D eigenvalue weighted by molar-refractivity contribution is 5.34. The molecule has 8 heteroatoms. The normalized spacial score (nSPS) is 18.5. The number of aromatic nitrogens is 4. The van der Waals surface area contributed by atoms with Crippen LogP contribution in [-0.2, 0) is 0 Å². The smallest absolute Gasteiger partial charge is 0.192 e. The van der Waals surface area contributed by atoms with Gasteiger partial charge in [0.25, 0.3) is 0 Å². The Bertz CT molecular complexity index is 489. The maximum atomic E-state index is 4.66. The fourth-order valence-corrected chi connectivity index (χ4v) is 2.66. The van der Waals surface area contributed by atoms with Crippen molar-refractivity contribution < 1.29 is 9.05 Å². The Labute approximate surface area is 123 Å². The van der Waals surface area contributed by atoms with E-state index in [1.165, 1.54) is 32.1 Å². The van der Waals surface area contributed by atoms with E-state index in [-0.39, 0.29) is 0 Å². The van der Waals surface area contributed by atoms with E-state index >= 15 is 0 Å². The van der Waals surface area contributed by atoms with Crippen LogP contribution in [0, 0.1) is 0 Å². The summed E-state index contributed by atoms with van der Waals surface area (Å²) in [5.41, 5.74) is 0. The molecule has 8 nitrogen and oxygen atoms in total. The molecule has 2 aliphatic heterocycles. The summed E-state index contributed by atoms with van der Waals surface area (Å²) < 4.78 is 9.29. The Balaban J connectivity index is 0.000000126. The maximum absolute atomic E-state index is 4.66. The van der Waals surface area contributed by atoms with Gasteiger partial charge in [-0.05, 0) is 32.1 Å². The molecule has 0 atom stereocenters. The van der Waals surface area contributed by atoms with E-state index < -0.39 is 0 Å². The van der Waals surface area contributed by atoms with Crippen LogP contribution in [0.4, 0.5) is 11.6 Å². The highest BCUT2D eigenvalue weighted by atomic mass is 16.5. The van der Waals surface area contributed by atoms with Crippen LogP contribution in [0.2, 0.25) is 0 Å². The molecule has 21 heavy (non-hydrogen) atoms. The van der Waals surface area contributed by atoms with Crippen molar-refractivity contribution in [3.8, 4) is 0 Å². The van der Waals surface area contributed by atoms with Gasteiger partial charge in [0, 0.05) is 36.7 Å². The van der Waals surface area contributed by atoms with E-state index in [1.807, 2.05) is 0 Å². The lowest BCUT2D eigenvalue weighted by Gasteiger charge is -2.25. The van der Waals surface area contributed by atoms with Gasteiger partial charge in [0.2, 0.25) is 0 Å². The van der Waals surface area contributed by atoms with Gasteiger partial charge in [0.05, 0.1) is 0 Å². The van der Waals surface area contributed by atoms with Crippen molar-refractivity contribution in [3.05, 3.63) is 12.5 Å². The number of rotatable bonds is 2. The quantitative estimate of drug-likeness (QED) is 0.827. The summed E-state index contributed by atoms with van der Waals surface area (Å²) in [6.45, 7) is 4.37. The second-order valence-corrected chi connectivity index (χ2v) is 5.27. The highest BCUT2D eigenvalue weighted by Gasteiger charge is 2.14. The Morgan fingerprint density at radius 3 is 1.48 bits per heavy atom. The molecule has 114 valence electrons. The molecule has 0 spiro atoms. The molecule has 0 unspecified atom stereocenters. The number of piperidine rings is 1. The van der Waals surface area contributed by atoms with Crippen LogP contribution < -0.4 is 9.80 Å². The zero-order valence-corrected chi connectivity index (χ0v) is 12.0. The summed E-state index contributed by atoms with van der Waals surface area (Å²) in [5.74, 6) is 1.75. The molecule has 2 aromatic heterocycles. The van der Waals surface area contributed by atoms with Crippen LogP contribution in [0.25, 0.3) is 0 Å². The topological polar surface area (TPSA) is 84.3 Å². The molecule has 0 amide bonds. The van der Waals surface area contributed by atoms with E-state index in [2.05, 4.69) is 39.6 Å². The average molecular weight is 292 g/mol. The molecule has 2 aliphatic rings. The lowest BCUT2D eigenvalue weighted by atomic mass is 10.1. The van der Waals surface area contributed by atoms with E-state index in [0.29, 0.717) is 0 Å². The molecule has 0 radical (unpaired) electrons. The molecule has 4 rings (SSSR count). The van der Waals surface area contributed by atoms with Gasteiger partial charge in [-0.3, -0.25) is 0 Å². The highest BCUT2D eigenvalue weighted by Crippen LogP contribution is 2.16. The minimum Gasteiger partial charge on any atom is -0.352 e. The Morgan fingerprint density at radius 1 is 0.667 bits per heavy atom. The van der Waals surface area contributed by atoms with Gasteiger partial charge in [0.1, 0.15) is 0 Å². The summed E-state index contributed by atoms with van der Waals surface area (Å²) in [4.78, 5) is 4.39. The van der Waals surface area contributed by atoms with Crippen molar-refractivity contribution in [1.29, 1.82) is 0 Å². The third kappa shape index (κ3) is 3.71. The number of nitrogens with zero attached hydrogens (tertiary/aromatic N) is 6. The van der Waals surface area contributed by atoms with Crippen LogP contribution in [0.3, 0.4) is 0 Å². The van der Waals surface area contributed by atoms with Crippen LogP contribution >= 0.6 is 0 Å². The Morgan fingerprint density at radius 2 is 1.10 bits per heavy atom. The van der Waals surface area contributed by atoms with Gasteiger partial charge < -0.3 is 18.8 Å². The van der Waals surface area contributed by atoms with Crippen molar-refractivity contribution in [2.24, 2.45) is 0 Å². The molecule has 0 bridgehead atoms. The van der Waals surface area contributed by atoms with Gasteiger partial charge in [-0.25, -0.2) is 0 Å². The SMILES string of the molecule is c1onnc1N1CCCC1.c1onnc1N1CCCCC1. The van der Waals surface area contributed by atoms with Gasteiger partial charge >= 0.3 is 0 Å². The number of hydrogen-bond donors (Lipinski definition) is 0. The summed E-state index contributed by atoms with van der Waals surface area (Å²) in [6.07, 6.45) is 9.55. The van der Waals surface area contributed by atoms with Crippen LogP contribution in [0.5, 0.6) is 0 Å². The summed E-state index contributed by atoms with van der Waals surface area (Å²) >= 11 is 0. The first-order valence-electron chi connectivity index (χ1n) is 7.47. The molecular formula is C13H20N6O2. The van der Waals surface area contributed by atoms with E-state index in [9.17, 15) is 0 Å². The van der Waals surface area contributed by atoms with Gasteiger partial charge in [-0.15, -0.1) is 0 Å². The molecule has 0 N–H and O–H groups in total. The van der Waals surface area contributed by atoms with E-state index in [0.717, 1.165) is 37.8 Å². The molecule has 0 aromatic carbocycles. The van der Waals surface area contributed by atoms with Crippen molar-refractivity contribution in [2.45, 2.75) is 32.1 Å². The predicted molar refractivity (Wildman–Crippen MR) is 76.1 cm³/mol. The number of hydrogen-bond acceptors (Lipinski definition) is 8. The fraction of sp³-hybridized carbons (Fsp3) is 0.692. The first-order valence-corrected chi connectivity index (χ1v) is 7.47. The summed E-state index contributed by atoms with van der Waals surface area (Å²) in [7, 11) is 0. The molecule has 4 heterocycles. The van der Waals surface area contributed by atoms with Gasteiger partial charge in [-0.2, -0.15) is 0 Å². The van der Waals surface area contributed by atoms with Crippen molar-refractivity contribution in [1.82, 2.24) is 20.7 Å². The first kappa shape index (κ1) is 13.8. The standard InChI is InChI=1S/C7H11N3O.C6H9N3O/c1-2-4-10(5-3-1)7-6-11-9-8-7;1-2-4-9(3-1)6-5-10-8-7-6/h6H,1-5H2;5H,1-4H2. The van der Waals surface area contributed by atoms with Gasteiger partial charge in [0.15, 0.2) is 24.2 Å². The predicted octanol–water partition coefficient (Wildman–Crippen LogP) is 1.73. The van der Waals surface area contributed by atoms with E-state index in [1.54, 1.807) is 12.5 Å². The molecular weight excluding hydrogens is 272 g/mol. The third-order valence-corrected chi connectivity index (χ3v) is 3.81. The van der Waals surface area contributed by atoms with Gasteiger partial charge in [-0.1, -0.05) is 10.2 Å². The van der Waals surface area contributed by atoms with Crippen molar-refractivity contribution in [2.75, 3.05) is 36.0 Å². The van der Waals surface area contributed by atoms with Crippen LogP contribution in [-0.4, -0.2) is 46.9 Å².